The van der Waals surface area contributed by atoms with Crippen molar-refractivity contribution in [3.63, 3.8) is 0 Å². The second-order valence-electron chi connectivity index (χ2n) is 4.33. The maximum atomic E-state index is 12.1. The number of hydrogen-bond donors (Lipinski definition) is 4. The lowest BCUT2D eigenvalue weighted by Gasteiger charge is -2.20. The zero-order chi connectivity index (χ0) is 15.8. The van der Waals surface area contributed by atoms with Crippen molar-refractivity contribution in [2.75, 3.05) is 25.5 Å². The van der Waals surface area contributed by atoms with Crippen LogP contribution in [0.15, 0.2) is 24.3 Å². The summed E-state index contributed by atoms with van der Waals surface area (Å²) in [5.41, 5.74) is 6.39. The molecule has 0 heterocycles. The predicted octanol–water partition coefficient (Wildman–Crippen LogP) is -0.190. The fourth-order valence-electron chi connectivity index (χ4n) is 1.73. The molecule has 0 saturated carbocycles. The Morgan fingerprint density at radius 2 is 1.90 bits per heavy atom. The number of nitrogens with one attached hydrogen (secondary N) is 2. The summed E-state index contributed by atoms with van der Waals surface area (Å²) in [6, 6.07) is 6.38. The van der Waals surface area contributed by atoms with Gasteiger partial charge in [-0.15, -0.1) is 0 Å². The number of nitrogens with two attached hydrogens (primary N) is 1. The van der Waals surface area contributed by atoms with Gasteiger partial charge < -0.3 is 26.4 Å². The molecule has 0 aliphatic carbocycles. The van der Waals surface area contributed by atoms with E-state index in [4.69, 9.17) is 10.8 Å². The van der Waals surface area contributed by atoms with Gasteiger partial charge in [0.25, 0.3) is 0 Å². The van der Waals surface area contributed by atoms with E-state index in [1.54, 1.807) is 19.2 Å². The van der Waals surface area contributed by atoms with Gasteiger partial charge in [-0.2, -0.15) is 0 Å². The van der Waals surface area contributed by atoms with Crippen LogP contribution >= 0.6 is 0 Å². The molecule has 8 heteroatoms. The van der Waals surface area contributed by atoms with Crippen LogP contribution in [0.1, 0.15) is 5.56 Å². The minimum Gasteiger partial charge on any atom is -0.480 e. The maximum Gasteiger partial charge on any atom is 0.323 e. The molecule has 8 nitrogen and oxygen atoms in total. The molecular formula is C13H18N4O4. The van der Waals surface area contributed by atoms with Crippen molar-refractivity contribution in [2.24, 2.45) is 5.73 Å². The summed E-state index contributed by atoms with van der Waals surface area (Å²) in [5, 5.41) is 14.3. The van der Waals surface area contributed by atoms with Crippen molar-refractivity contribution in [3.8, 4) is 0 Å². The number of aliphatic carboxylic acids is 1. The van der Waals surface area contributed by atoms with Crippen LogP contribution < -0.4 is 16.4 Å². The van der Waals surface area contributed by atoms with Crippen molar-refractivity contribution >= 4 is 23.6 Å². The van der Waals surface area contributed by atoms with E-state index in [0.717, 1.165) is 10.5 Å². The summed E-state index contributed by atoms with van der Waals surface area (Å²) in [5.74, 6) is -2.01. The van der Waals surface area contributed by atoms with Crippen LogP contribution in [0.4, 0.5) is 10.5 Å². The highest BCUT2D eigenvalue weighted by Gasteiger charge is 2.19. The first-order valence-electron chi connectivity index (χ1n) is 6.22. The zero-order valence-corrected chi connectivity index (χ0v) is 11.6. The molecule has 5 N–H and O–H groups in total. The third kappa shape index (κ3) is 5.49. The molecule has 3 amide bonds. The van der Waals surface area contributed by atoms with Gasteiger partial charge in [-0.25, -0.2) is 4.79 Å². The minimum atomic E-state index is -1.23. The predicted molar refractivity (Wildman–Crippen MR) is 76.6 cm³/mol. The highest BCUT2D eigenvalue weighted by Crippen LogP contribution is 2.15. The number of urea groups is 1. The standard InChI is InChI=1S/C13H18N4O4/c1-15-6-9-4-2-3-5-10(9)16-13(21)17(7-11(14)18)8-12(19)20/h2-5,15H,6-8H2,1H3,(H2,14,18)(H,16,21)(H,19,20). The first-order chi connectivity index (χ1) is 9.93. The van der Waals surface area contributed by atoms with Gasteiger partial charge in [0.05, 0.1) is 0 Å². The van der Waals surface area contributed by atoms with Gasteiger partial charge >= 0.3 is 12.0 Å². The molecule has 0 unspecified atom stereocenters. The molecule has 21 heavy (non-hydrogen) atoms. The Morgan fingerprint density at radius 1 is 1.24 bits per heavy atom. The maximum absolute atomic E-state index is 12.1. The average molecular weight is 294 g/mol. The van der Waals surface area contributed by atoms with Crippen molar-refractivity contribution in [2.45, 2.75) is 6.54 Å². The zero-order valence-electron chi connectivity index (χ0n) is 11.6. The van der Waals surface area contributed by atoms with E-state index in [0.29, 0.717) is 12.2 Å². The number of rotatable bonds is 7. The van der Waals surface area contributed by atoms with Crippen molar-refractivity contribution in [1.82, 2.24) is 10.2 Å². The van der Waals surface area contributed by atoms with E-state index >= 15 is 0 Å². The van der Waals surface area contributed by atoms with Crippen LogP contribution in [0.25, 0.3) is 0 Å². The van der Waals surface area contributed by atoms with Crippen molar-refractivity contribution in [3.05, 3.63) is 29.8 Å². The molecule has 0 bridgehead atoms. The lowest BCUT2D eigenvalue weighted by Crippen LogP contribution is -2.43. The molecule has 0 saturated heterocycles. The SMILES string of the molecule is CNCc1ccccc1NC(=O)N(CC(N)=O)CC(=O)O. The van der Waals surface area contributed by atoms with Crippen LogP contribution in [0.5, 0.6) is 0 Å². The molecule has 0 atom stereocenters. The monoisotopic (exact) mass is 294 g/mol. The third-order valence-corrected chi connectivity index (χ3v) is 2.59. The van der Waals surface area contributed by atoms with Gasteiger partial charge in [0.2, 0.25) is 5.91 Å². The number of carboxylic acid groups (broad SMARTS) is 1. The topological polar surface area (TPSA) is 125 Å². The molecule has 0 fully saturated rings. The summed E-state index contributed by atoms with van der Waals surface area (Å²) < 4.78 is 0. The molecule has 1 rings (SSSR count). The van der Waals surface area contributed by atoms with Crippen molar-refractivity contribution < 1.29 is 19.5 Å². The van der Waals surface area contributed by atoms with E-state index in [-0.39, 0.29) is 0 Å². The number of carboxylic acids is 1. The first kappa shape index (κ1) is 16.4. The molecular weight excluding hydrogens is 276 g/mol. The Kier molecular flexibility index (Phi) is 6.15. The molecule has 1 aromatic rings. The number of hydrogen-bond acceptors (Lipinski definition) is 4. The largest absolute Gasteiger partial charge is 0.480 e. The average Bonchev–Trinajstić information content (AvgIpc) is 2.39. The Labute approximate surface area is 121 Å². The second-order valence-corrected chi connectivity index (χ2v) is 4.33. The number of primary amides is 1. The molecule has 0 radical (unpaired) electrons. The summed E-state index contributed by atoms with van der Waals surface area (Å²) in [4.78, 5) is 34.5. The Morgan fingerprint density at radius 3 is 2.48 bits per heavy atom. The molecule has 1 aromatic carbocycles. The number of anilines is 1. The molecule has 0 aliphatic heterocycles. The highest BCUT2D eigenvalue weighted by molar-refractivity contribution is 5.94. The third-order valence-electron chi connectivity index (χ3n) is 2.59. The molecule has 0 aliphatic rings. The Hall–Kier alpha value is -2.61. The number of carbonyl (C=O) groups is 3. The molecule has 0 spiro atoms. The number of para-hydroxylation sites is 1. The van der Waals surface area contributed by atoms with E-state index < -0.39 is 31.0 Å². The van der Waals surface area contributed by atoms with E-state index in [1.165, 1.54) is 0 Å². The minimum absolute atomic E-state index is 0.466. The Bertz CT molecular complexity index is 517. The second kappa shape index (κ2) is 7.85. The van der Waals surface area contributed by atoms with Crippen molar-refractivity contribution in [1.29, 1.82) is 0 Å². The van der Waals surface area contributed by atoms with Gasteiger partial charge in [-0.05, 0) is 18.7 Å². The van der Waals surface area contributed by atoms with Crippen LogP contribution in [0, 0.1) is 0 Å². The Balaban J connectivity index is 2.85. The fraction of sp³-hybridized carbons (Fsp3) is 0.308. The molecule has 114 valence electrons. The number of carbonyl (C=O) groups excluding carboxylic acids is 2. The lowest BCUT2D eigenvalue weighted by atomic mass is 10.2. The van der Waals surface area contributed by atoms with Gasteiger partial charge in [-0.1, -0.05) is 18.2 Å². The number of benzene rings is 1. The van der Waals surface area contributed by atoms with Gasteiger partial charge in [0.1, 0.15) is 13.1 Å². The summed E-state index contributed by atoms with van der Waals surface area (Å²) in [6.45, 7) is -0.541. The first-order valence-corrected chi connectivity index (χ1v) is 6.22. The van der Waals surface area contributed by atoms with Gasteiger partial charge in [-0.3, -0.25) is 9.59 Å². The van der Waals surface area contributed by atoms with Gasteiger partial charge in [0, 0.05) is 12.2 Å². The van der Waals surface area contributed by atoms with E-state index in [9.17, 15) is 14.4 Å². The smallest absolute Gasteiger partial charge is 0.323 e. The lowest BCUT2D eigenvalue weighted by molar-refractivity contribution is -0.137. The normalized spacial score (nSPS) is 9.95. The van der Waals surface area contributed by atoms with Crippen LogP contribution in [0.2, 0.25) is 0 Å². The summed E-state index contributed by atoms with van der Waals surface area (Å²) in [6.07, 6.45) is 0. The number of nitrogens with zero attached hydrogens (tertiary/aromatic N) is 1. The summed E-state index contributed by atoms with van der Waals surface area (Å²) in [7, 11) is 1.77. The quantitative estimate of drug-likeness (QED) is 0.554. The van der Waals surface area contributed by atoms with E-state index in [2.05, 4.69) is 10.6 Å². The van der Waals surface area contributed by atoms with Crippen LogP contribution in [-0.2, 0) is 16.1 Å². The fourth-order valence-corrected chi connectivity index (χ4v) is 1.73. The summed E-state index contributed by atoms with van der Waals surface area (Å²) >= 11 is 0. The number of amides is 3. The van der Waals surface area contributed by atoms with Crippen LogP contribution in [0.3, 0.4) is 0 Å². The van der Waals surface area contributed by atoms with Crippen LogP contribution in [-0.4, -0.2) is 48.1 Å². The van der Waals surface area contributed by atoms with E-state index in [1.807, 2.05) is 12.1 Å². The highest BCUT2D eigenvalue weighted by atomic mass is 16.4. The molecule has 0 aromatic heterocycles. The van der Waals surface area contributed by atoms with Gasteiger partial charge in [0.15, 0.2) is 0 Å².